The van der Waals surface area contributed by atoms with Crippen LogP contribution in [0.25, 0.3) is 0 Å². The van der Waals surface area contributed by atoms with Crippen molar-refractivity contribution < 1.29 is 9.59 Å². The molecule has 0 saturated heterocycles. The summed E-state index contributed by atoms with van der Waals surface area (Å²) in [7, 11) is 0. The molecule has 0 aliphatic heterocycles. The number of rotatable bonds is 4. The van der Waals surface area contributed by atoms with E-state index in [0.717, 1.165) is 18.5 Å². The predicted octanol–water partition coefficient (Wildman–Crippen LogP) is 3.94. The van der Waals surface area contributed by atoms with E-state index in [9.17, 15) is 9.59 Å². The minimum atomic E-state index is -0.235. The zero-order valence-corrected chi connectivity index (χ0v) is 15.9. The fourth-order valence-electron chi connectivity index (χ4n) is 2.96. The lowest BCUT2D eigenvalue weighted by atomic mass is 9.95. The molecule has 1 aromatic carbocycles. The van der Waals surface area contributed by atoms with Crippen LogP contribution in [0.2, 0.25) is 0 Å². The molecule has 1 aromatic heterocycles. The third-order valence-corrected chi connectivity index (χ3v) is 5.39. The number of thiophene rings is 1. The minimum Gasteiger partial charge on any atom is -0.349 e. The van der Waals surface area contributed by atoms with Crippen LogP contribution in [0.1, 0.15) is 52.1 Å². The van der Waals surface area contributed by atoms with Crippen molar-refractivity contribution in [3.8, 4) is 0 Å². The standard InChI is InChI=1S/C19H21N3O2S2/c23-17(20-14-5-2-1-3-6-14)13-8-10-15(11-9-13)21-19(25)22-18(24)16-7-4-12-26-16/h4,7-12,14H,1-3,5-6H2,(H,20,23)(H2,21,22,24,25). The summed E-state index contributed by atoms with van der Waals surface area (Å²) < 4.78 is 0. The first-order chi connectivity index (χ1) is 12.6. The van der Waals surface area contributed by atoms with E-state index in [1.54, 1.807) is 30.3 Å². The monoisotopic (exact) mass is 387 g/mol. The van der Waals surface area contributed by atoms with Gasteiger partial charge >= 0.3 is 0 Å². The van der Waals surface area contributed by atoms with Crippen molar-refractivity contribution in [2.24, 2.45) is 0 Å². The summed E-state index contributed by atoms with van der Waals surface area (Å²) in [5, 5.41) is 10.7. The maximum atomic E-state index is 12.3. The first-order valence-electron chi connectivity index (χ1n) is 8.68. The van der Waals surface area contributed by atoms with Crippen molar-refractivity contribution in [3.05, 3.63) is 52.2 Å². The van der Waals surface area contributed by atoms with Gasteiger partial charge in [0.1, 0.15) is 0 Å². The molecule has 1 fully saturated rings. The second-order valence-corrected chi connectivity index (χ2v) is 7.63. The van der Waals surface area contributed by atoms with Crippen LogP contribution in [0.3, 0.4) is 0 Å². The third kappa shape index (κ3) is 5.12. The van der Waals surface area contributed by atoms with E-state index < -0.39 is 0 Å². The van der Waals surface area contributed by atoms with Gasteiger partial charge in [0.2, 0.25) is 0 Å². The molecular formula is C19H21N3O2S2. The molecule has 1 saturated carbocycles. The van der Waals surface area contributed by atoms with Gasteiger partial charge in [-0.05, 0) is 60.8 Å². The number of benzene rings is 1. The fraction of sp³-hybridized carbons (Fsp3) is 0.316. The molecule has 7 heteroatoms. The van der Waals surface area contributed by atoms with E-state index in [1.807, 2.05) is 11.4 Å². The lowest BCUT2D eigenvalue weighted by molar-refractivity contribution is 0.0926. The first kappa shape index (κ1) is 18.5. The number of thiocarbonyl (C=S) groups is 1. The van der Waals surface area contributed by atoms with E-state index in [1.165, 1.54) is 30.6 Å². The van der Waals surface area contributed by atoms with Gasteiger partial charge in [0.05, 0.1) is 4.88 Å². The topological polar surface area (TPSA) is 70.2 Å². The second-order valence-electron chi connectivity index (χ2n) is 6.27. The normalized spacial score (nSPS) is 14.5. The molecule has 0 bridgehead atoms. The Bertz CT molecular complexity index is 767. The molecule has 0 radical (unpaired) electrons. The number of carbonyl (C=O) groups excluding carboxylic acids is 2. The molecule has 26 heavy (non-hydrogen) atoms. The van der Waals surface area contributed by atoms with Gasteiger partial charge in [0, 0.05) is 17.3 Å². The second kappa shape index (κ2) is 8.91. The van der Waals surface area contributed by atoms with Gasteiger partial charge < -0.3 is 10.6 Å². The molecule has 2 aromatic rings. The lowest BCUT2D eigenvalue weighted by Gasteiger charge is -2.22. The van der Waals surface area contributed by atoms with Crippen molar-refractivity contribution in [3.63, 3.8) is 0 Å². The number of nitrogens with one attached hydrogen (secondary N) is 3. The van der Waals surface area contributed by atoms with Gasteiger partial charge in [-0.3, -0.25) is 14.9 Å². The summed E-state index contributed by atoms with van der Waals surface area (Å²) in [4.78, 5) is 24.9. The summed E-state index contributed by atoms with van der Waals surface area (Å²) in [5.41, 5.74) is 1.34. The molecule has 3 rings (SSSR count). The quantitative estimate of drug-likeness (QED) is 0.695. The molecule has 0 unspecified atom stereocenters. The van der Waals surface area contributed by atoms with Crippen LogP contribution in [-0.4, -0.2) is 23.0 Å². The predicted molar refractivity (Wildman–Crippen MR) is 109 cm³/mol. The van der Waals surface area contributed by atoms with Crippen molar-refractivity contribution in [1.82, 2.24) is 10.6 Å². The maximum absolute atomic E-state index is 12.3. The first-order valence-corrected chi connectivity index (χ1v) is 9.97. The Kier molecular flexibility index (Phi) is 6.35. The van der Waals surface area contributed by atoms with E-state index in [4.69, 9.17) is 12.2 Å². The Morgan fingerprint density at radius 3 is 2.38 bits per heavy atom. The molecule has 3 N–H and O–H groups in total. The summed E-state index contributed by atoms with van der Waals surface area (Å²) in [6.45, 7) is 0. The zero-order valence-electron chi connectivity index (χ0n) is 14.3. The van der Waals surface area contributed by atoms with Gasteiger partial charge in [-0.15, -0.1) is 11.3 Å². The van der Waals surface area contributed by atoms with Crippen LogP contribution in [-0.2, 0) is 0 Å². The Balaban J connectivity index is 1.51. The highest BCUT2D eigenvalue weighted by Gasteiger charge is 2.16. The highest BCUT2D eigenvalue weighted by Crippen LogP contribution is 2.18. The van der Waals surface area contributed by atoms with Crippen LogP contribution in [0.15, 0.2) is 41.8 Å². The summed E-state index contributed by atoms with van der Waals surface area (Å²) in [5.74, 6) is -0.280. The van der Waals surface area contributed by atoms with Gasteiger partial charge in [0.25, 0.3) is 11.8 Å². The van der Waals surface area contributed by atoms with Crippen molar-refractivity contribution >= 4 is 46.2 Å². The highest BCUT2D eigenvalue weighted by molar-refractivity contribution is 7.80. The highest BCUT2D eigenvalue weighted by atomic mass is 32.1. The van der Waals surface area contributed by atoms with Gasteiger partial charge in [0.15, 0.2) is 5.11 Å². The number of amides is 2. The Hall–Kier alpha value is -2.25. The number of hydrogen-bond acceptors (Lipinski definition) is 4. The van der Waals surface area contributed by atoms with Crippen LogP contribution >= 0.6 is 23.6 Å². The van der Waals surface area contributed by atoms with Crippen molar-refractivity contribution in [2.45, 2.75) is 38.1 Å². The summed E-state index contributed by atoms with van der Waals surface area (Å²) in [6, 6.07) is 10.9. The van der Waals surface area contributed by atoms with E-state index in [2.05, 4.69) is 16.0 Å². The molecule has 1 heterocycles. The zero-order chi connectivity index (χ0) is 18.4. The Morgan fingerprint density at radius 2 is 1.73 bits per heavy atom. The molecule has 0 atom stereocenters. The summed E-state index contributed by atoms with van der Waals surface area (Å²) >= 11 is 6.52. The number of hydrogen-bond donors (Lipinski definition) is 3. The Morgan fingerprint density at radius 1 is 1.00 bits per heavy atom. The average Bonchev–Trinajstić information content (AvgIpc) is 3.18. The van der Waals surface area contributed by atoms with E-state index in [-0.39, 0.29) is 23.0 Å². The fourth-order valence-corrected chi connectivity index (χ4v) is 3.78. The van der Waals surface area contributed by atoms with Crippen molar-refractivity contribution in [1.29, 1.82) is 0 Å². The molecule has 1 aliphatic rings. The molecular weight excluding hydrogens is 366 g/mol. The van der Waals surface area contributed by atoms with Crippen LogP contribution in [0.4, 0.5) is 5.69 Å². The summed E-state index contributed by atoms with van der Waals surface area (Å²) in [6.07, 6.45) is 5.74. The molecule has 5 nitrogen and oxygen atoms in total. The minimum absolute atomic E-state index is 0.0444. The lowest BCUT2D eigenvalue weighted by Crippen LogP contribution is -2.36. The smallest absolute Gasteiger partial charge is 0.267 e. The largest absolute Gasteiger partial charge is 0.349 e. The molecule has 1 aliphatic carbocycles. The molecule has 136 valence electrons. The van der Waals surface area contributed by atoms with Gasteiger partial charge in [-0.2, -0.15) is 0 Å². The van der Waals surface area contributed by atoms with Crippen LogP contribution < -0.4 is 16.0 Å². The van der Waals surface area contributed by atoms with Crippen LogP contribution in [0, 0.1) is 0 Å². The Labute approximate surface area is 162 Å². The maximum Gasteiger partial charge on any atom is 0.267 e. The number of anilines is 1. The number of carbonyl (C=O) groups is 2. The average molecular weight is 388 g/mol. The van der Waals surface area contributed by atoms with E-state index in [0.29, 0.717) is 10.4 Å². The molecule has 0 spiro atoms. The third-order valence-electron chi connectivity index (χ3n) is 4.32. The van der Waals surface area contributed by atoms with Gasteiger partial charge in [-0.25, -0.2) is 0 Å². The molecule has 2 amide bonds. The van der Waals surface area contributed by atoms with Crippen LogP contribution in [0.5, 0.6) is 0 Å². The SMILES string of the molecule is O=C(NC1CCCCC1)c1ccc(NC(=S)NC(=O)c2cccs2)cc1. The van der Waals surface area contributed by atoms with Crippen molar-refractivity contribution in [2.75, 3.05) is 5.32 Å². The van der Waals surface area contributed by atoms with E-state index >= 15 is 0 Å². The van der Waals surface area contributed by atoms with Gasteiger partial charge in [-0.1, -0.05) is 25.3 Å².